The molecule has 1 aliphatic rings. The maximum Gasteiger partial charge on any atom is 0.241 e. The van der Waals surface area contributed by atoms with Crippen LogP contribution in [0.5, 0.6) is 0 Å². The Morgan fingerprint density at radius 3 is 2.30 bits per heavy atom. The lowest BCUT2D eigenvalue weighted by atomic mass is 10.1. The van der Waals surface area contributed by atoms with E-state index in [1.807, 2.05) is 0 Å². The van der Waals surface area contributed by atoms with Crippen LogP contribution in [0.1, 0.15) is 30.9 Å². The summed E-state index contributed by atoms with van der Waals surface area (Å²) in [7, 11) is -3.47. The Morgan fingerprint density at radius 1 is 1.30 bits per heavy atom. The summed E-state index contributed by atoms with van der Waals surface area (Å²) in [5.41, 5.74) is 4.66. The van der Waals surface area contributed by atoms with Gasteiger partial charge >= 0.3 is 0 Å². The molecule has 0 aromatic heterocycles. The van der Waals surface area contributed by atoms with Crippen LogP contribution in [0.25, 0.3) is 0 Å². The minimum atomic E-state index is -3.47. The Balaban J connectivity index is 2.20. The van der Waals surface area contributed by atoms with E-state index in [0.717, 1.165) is 0 Å². The van der Waals surface area contributed by atoms with Gasteiger partial charge in [0.1, 0.15) is 0 Å². The second-order valence-corrected chi connectivity index (χ2v) is 7.45. The molecule has 0 heterocycles. The van der Waals surface area contributed by atoms with Gasteiger partial charge in [0, 0.05) is 12.2 Å². The average Bonchev–Trinajstić information content (AvgIpc) is 3.18. The minimum Gasteiger partial charge on any atom is -0.324 e. The Hall–Kier alpha value is -1.11. The predicted molar refractivity (Wildman–Crippen MR) is 80.8 cm³/mol. The van der Waals surface area contributed by atoms with Crippen LogP contribution in [-0.2, 0) is 10.0 Å². The number of hydrazine groups is 1. The molecule has 4 N–H and O–H groups in total. The first-order valence-electron chi connectivity index (χ1n) is 6.92. The van der Waals surface area contributed by atoms with Crippen molar-refractivity contribution in [1.82, 2.24) is 4.72 Å². The predicted octanol–water partition coefficient (Wildman–Crippen LogP) is 1.91. The van der Waals surface area contributed by atoms with Crippen molar-refractivity contribution in [1.29, 1.82) is 0 Å². The third-order valence-corrected chi connectivity index (χ3v) is 5.65. The van der Waals surface area contributed by atoms with Crippen molar-refractivity contribution in [2.24, 2.45) is 17.7 Å². The zero-order chi connectivity index (χ0) is 14.9. The number of nitrogens with one attached hydrogen (secondary N) is 2. The molecule has 5 nitrogen and oxygen atoms in total. The maximum absolute atomic E-state index is 12.5. The summed E-state index contributed by atoms with van der Waals surface area (Å²) >= 11 is 0. The maximum atomic E-state index is 12.5. The van der Waals surface area contributed by atoms with Crippen molar-refractivity contribution in [2.75, 3.05) is 12.0 Å². The first-order chi connectivity index (χ1) is 9.35. The fourth-order valence-electron chi connectivity index (χ4n) is 2.60. The first kappa shape index (κ1) is 15.3. The molecule has 1 unspecified atom stereocenters. The number of rotatable bonds is 6. The molecular formula is C14H23N3O2S. The van der Waals surface area contributed by atoms with Crippen LogP contribution in [0.15, 0.2) is 17.0 Å². The van der Waals surface area contributed by atoms with Crippen LogP contribution >= 0.6 is 0 Å². The molecule has 1 aliphatic carbocycles. The molecule has 0 saturated heterocycles. The standard InChI is InChI=1S/C14H23N3O2S/c1-9-6-13(17-15)7-10(2)14(9)20(18,19)16-8-11(3)12-4-5-12/h6-7,11-12,16-17H,4-5,8,15H2,1-3H3. The zero-order valence-corrected chi connectivity index (χ0v) is 13.0. The van der Waals surface area contributed by atoms with E-state index in [4.69, 9.17) is 5.84 Å². The van der Waals surface area contributed by atoms with Gasteiger partial charge in [-0.1, -0.05) is 6.92 Å². The number of hydrogen-bond acceptors (Lipinski definition) is 4. The Morgan fingerprint density at radius 2 is 1.85 bits per heavy atom. The van der Waals surface area contributed by atoms with Gasteiger partial charge < -0.3 is 5.43 Å². The van der Waals surface area contributed by atoms with Crippen molar-refractivity contribution in [2.45, 2.75) is 38.5 Å². The second kappa shape index (κ2) is 5.71. The number of hydrogen-bond donors (Lipinski definition) is 3. The number of benzene rings is 1. The van der Waals surface area contributed by atoms with Gasteiger partial charge in [0.25, 0.3) is 0 Å². The van der Waals surface area contributed by atoms with Gasteiger partial charge in [-0.15, -0.1) is 0 Å². The number of nitrogens with two attached hydrogens (primary N) is 1. The second-order valence-electron chi connectivity index (χ2n) is 5.75. The van der Waals surface area contributed by atoms with E-state index >= 15 is 0 Å². The van der Waals surface area contributed by atoms with Crippen molar-refractivity contribution < 1.29 is 8.42 Å². The number of anilines is 1. The van der Waals surface area contributed by atoms with Crippen molar-refractivity contribution in [3.63, 3.8) is 0 Å². The SMILES string of the molecule is Cc1cc(NN)cc(C)c1S(=O)(=O)NCC(C)C1CC1. The van der Waals surface area contributed by atoms with Gasteiger partial charge in [-0.25, -0.2) is 13.1 Å². The van der Waals surface area contributed by atoms with Crippen LogP contribution in [0, 0.1) is 25.7 Å². The molecule has 0 aliphatic heterocycles. The lowest BCUT2D eigenvalue weighted by Gasteiger charge is -2.16. The van der Waals surface area contributed by atoms with Crippen LogP contribution in [0.3, 0.4) is 0 Å². The molecule has 1 saturated carbocycles. The van der Waals surface area contributed by atoms with E-state index in [2.05, 4.69) is 17.1 Å². The summed E-state index contributed by atoms with van der Waals surface area (Å²) < 4.78 is 27.7. The number of aryl methyl sites for hydroxylation is 2. The van der Waals surface area contributed by atoms with Crippen LogP contribution in [-0.4, -0.2) is 15.0 Å². The average molecular weight is 297 g/mol. The van der Waals surface area contributed by atoms with E-state index in [0.29, 0.717) is 40.1 Å². The van der Waals surface area contributed by atoms with Crippen molar-refractivity contribution >= 4 is 15.7 Å². The third-order valence-electron chi connectivity index (χ3n) is 3.92. The Kier molecular flexibility index (Phi) is 4.36. The number of nitrogen functional groups attached to an aromatic ring is 1. The van der Waals surface area contributed by atoms with E-state index in [1.54, 1.807) is 26.0 Å². The topological polar surface area (TPSA) is 84.2 Å². The molecule has 20 heavy (non-hydrogen) atoms. The van der Waals surface area contributed by atoms with Crippen LogP contribution < -0.4 is 16.0 Å². The zero-order valence-electron chi connectivity index (χ0n) is 12.2. The molecular weight excluding hydrogens is 274 g/mol. The molecule has 0 radical (unpaired) electrons. The largest absolute Gasteiger partial charge is 0.324 e. The molecule has 1 aromatic rings. The van der Waals surface area contributed by atoms with Crippen molar-refractivity contribution in [3.05, 3.63) is 23.3 Å². The molecule has 0 bridgehead atoms. The summed E-state index contributed by atoms with van der Waals surface area (Å²) in [5.74, 6) is 6.45. The van der Waals surface area contributed by atoms with E-state index in [1.165, 1.54) is 12.8 Å². The summed E-state index contributed by atoms with van der Waals surface area (Å²) in [5, 5.41) is 0. The lowest BCUT2D eigenvalue weighted by Crippen LogP contribution is -2.30. The van der Waals surface area contributed by atoms with Crippen molar-refractivity contribution in [3.8, 4) is 0 Å². The monoisotopic (exact) mass is 297 g/mol. The highest BCUT2D eigenvalue weighted by Gasteiger charge is 2.29. The molecule has 1 atom stereocenters. The first-order valence-corrected chi connectivity index (χ1v) is 8.41. The van der Waals surface area contributed by atoms with Gasteiger partial charge in [0.05, 0.1) is 4.90 Å². The smallest absolute Gasteiger partial charge is 0.241 e. The molecule has 1 fully saturated rings. The quantitative estimate of drug-likeness (QED) is 0.553. The van der Waals surface area contributed by atoms with Crippen LogP contribution in [0.2, 0.25) is 0 Å². The van der Waals surface area contributed by atoms with E-state index in [9.17, 15) is 8.42 Å². The van der Waals surface area contributed by atoms with E-state index < -0.39 is 10.0 Å². The fraction of sp³-hybridized carbons (Fsp3) is 0.571. The van der Waals surface area contributed by atoms with Gasteiger partial charge in [0.2, 0.25) is 10.0 Å². The van der Waals surface area contributed by atoms with Gasteiger partial charge in [-0.2, -0.15) is 0 Å². The minimum absolute atomic E-state index is 0.361. The summed E-state index contributed by atoms with van der Waals surface area (Å²) in [6.07, 6.45) is 2.44. The molecule has 0 spiro atoms. The molecule has 112 valence electrons. The molecule has 1 aromatic carbocycles. The highest BCUT2D eigenvalue weighted by Crippen LogP contribution is 2.36. The van der Waals surface area contributed by atoms with Crippen LogP contribution in [0.4, 0.5) is 5.69 Å². The molecule has 6 heteroatoms. The Bertz CT molecular complexity index is 571. The van der Waals surface area contributed by atoms with E-state index in [-0.39, 0.29) is 0 Å². The Labute approximate surface area is 121 Å². The fourth-order valence-corrected chi connectivity index (χ4v) is 4.19. The van der Waals surface area contributed by atoms with Gasteiger partial charge in [-0.3, -0.25) is 5.84 Å². The van der Waals surface area contributed by atoms with Gasteiger partial charge in [-0.05, 0) is 61.8 Å². The molecule has 2 rings (SSSR count). The number of sulfonamides is 1. The summed E-state index contributed by atoms with van der Waals surface area (Å²) in [4.78, 5) is 0.361. The molecule has 0 amide bonds. The third kappa shape index (κ3) is 3.31. The normalized spacial score (nSPS) is 17.0. The lowest BCUT2D eigenvalue weighted by molar-refractivity contribution is 0.491. The highest BCUT2D eigenvalue weighted by molar-refractivity contribution is 7.89. The summed E-state index contributed by atoms with van der Waals surface area (Å²) in [6.45, 7) is 6.17. The highest BCUT2D eigenvalue weighted by atomic mass is 32.2. The van der Waals surface area contributed by atoms with Gasteiger partial charge in [0.15, 0.2) is 0 Å². The summed E-state index contributed by atoms with van der Waals surface area (Å²) in [6, 6.07) is 3.48.